The standard InChI is InChI=1S/C12H20O/c1-5-12(9-11(4)13)8-6-7-10(2)3/h5,7H,6,8-9H2,1-4H3/b12-5-. The van der Waals surface area contributed by atoms with E-state index in [4.69, 9.17) is 0 Å². The van der Waals surface area contributed by atoms with Crippen LogP contribution in [0.1, 0.15) is 47.0 Å². The van der Waals surface area contributed by atoms with Gasteiger partial charge in [-0.1, -0.05) is 23.3 Å². The summed E-state index contributed by atoms with van der Waals surface area (Å²) in [6.07, 6.45) is 6.95. The van der Waals surface area contributed by atoms with Gasteiger partial charge in [0.05, 0.1) is 0 Å². The zero-order chi connectivity index (χ0) is 10.3. The number of carbonyl (C=O) groups is 1. The molecule has 0 unspecified atom stereocenters. The Kier molecular flexibility index (Phi) is 6.21. The predicted octanol–water partition coefficient (Wildman–Crippen LogP) is 3.66. The molecule has 0 radical (unpaired) electrons. The van der Waals surface area contributed by atoms with Crippen molar-refractivity contribution in [2.75, 3.05) is 0 Å². The van der Waals surface area contributed by atoms with Gasteiger partial charge in [0.15, 0.2) is 0 Å². The predicted molar refractivity (Wildman–Crippen MR) is 57.7 cm³/mol. The maximum Gasteiger partial charge on any atom is 0.133 e. The van der Waals surface area contributed by atoms with Gasteiger partial charge in [0.2, 0.25) is 0 Å². The molecule has 0 fully saturated rings. The fourth-order valence-electron chi connectivity index (χ4n) is 1.20. The molecule has 0 rings (SSSR count). The number of hydrogen-bond acceptors (Lipinski definition) is 1. The Hall–Kier alpha value is -0.850. The van der Waals surface area contributed by atoms with Crippen molar-refractivity contribution in [1.29, 1.82) is 0 Å². The SMILES string of the molecule is C/C=C(/CCC=C(C)C)CC(C)=O. The van der Waals surface area contributed by atoms with Crippen molar-refractivity contribution in [2.24, 2.45) is 0 Å². The minimum absolute atomic E-state index is 0.255. The number of hydrogen-bond donors (Lipinski definition) is 0. The van der Waals surface area contributed by atoms with Crippen molar-refractivity contribution in [3.63, 3.8) is 0 Å². The topological polar surface area (TPSA) is 17.1 Å². The Balaban J connectivity index is 3.88. The second-order valence-corrected chi connectivity index (χ2v) is 3.65. The zero-order valence-electron chi connectivity index (χ0n) is 9.18. The molecule has 0 aliphatic carbocycles. The first-order chi connectivity index (χ1) is 6.06. The molecule has 1 heteroatoms. The van der Waals surface area contributed by atoms with Crippen LogP contribution < -0.4 is 0 Å². The van der Waals surface area contributed by atoms with Crippen molar-refractivity contribution in [3.8, 4) is 0 Å². The van der Waals surface area contributed by atoms with Gasteiger partial charge in [-0.25, -0.2) is 0 Å². The zero-order valence-corrected chi connectivity index (χ0v) is 9.18. The van der Waals surface area contributed by atoms with E-state index in [9.17, 15) is 4.79 Å². The molecule has 0 saturated carbocycles. The summed E-state index contributed by atoms with van der Waals surface area (Å²) in [4.78, 5) is 10.9. The average Bonchev–Trinajstić information content (AvgIpc) is 2.01. The lowest BCUT2D eigenvalue weighted by Crippen LogP contribution is -1.93. The lowest BCUT2D eigenvalue weighted by Gasteiger charge is -2.02. The number of rotatable bonds is 5. The van der Waals surface area contributed by atoms with Gasteiger partial charge in [0, 0.05) is 6.42 Å². The molecule has 0 bridgehead atoms. The number of carbonyl (C=O) groups excluding carboxylic acids is 1. The van der Waals surface area contributed by atoms with Gasteiger partial charge in [-0.2, -0.15) is 0 Å². The van der Waals surface area contributed by atoms with E-state index in [0.29, 0.717) is 6.42 Å². The first-order valence-electron chi connectivity index (χ1n) is 4.83. The quantitative estimate of drug-likeness (QED) is 0.590. The summed E-state index contributed by atoms with van der Waals surface area (Å²) in [7, 11) is 0. The molecule has 0 spiro atoms. The number of allylic oxidation sites excluding steroid dienone is 4. The lowest BCUT2D eigenvalue weighted by atomic mass is 10.0. The van der Waals surface area contributed by atoms with Gasteiger partial charge in [-0.3, -0.25) is 4.79 Å². The van der Waals surface area contributed by atoms with Gasteiger partial charge in [-0.15, -0.1) is 0 Å². The van der Waals surface area contributed by atoms with E-state index in [1.165, 1.54) is 11.1 Å². The third kappa shape index (κ3) is 7.51. The molecule has 0 heterocycles. The largest absolute Gasteiger partial charge is 0.300 e. The Labute approximate surface area is 81.5 Å². The van der Waals surface area contributed by atoms with Gasteiger partial charge in [0.1, 0.15) is 5.78 Å². The highest BCUT2D eigenvalue weighted by molar-refractivity contribution is 5.78. The highest BCUT2D eigenvalue weighted by Crippen LogP contribution is 2.11. The molecule has 0 aromatic heterocycles. The van der Waals surface area contributed by atoms with Gasteiger partial charge < -0.3 is 0 Å². The maximum atomic E-state index is 10.9. The van der Waals surface area contributed by atoms with Crippen molar-refractivity contribution in [3.05, 3.63) is 23.3 Å². The van der Waals surface area contributed by atoms with Crippen LogP contribution in [0.3, 0.4) is 0 Å². The summed E-state index contributed by atoms with van der Waals surface area (Å²) in [5.41, 5.74) is 2.60. The molecule has 0 saturated heterocycles. The van der Waals surface area contributed by atoms with Crippen molar-refractivity contribution < 1.29 is 4.79 Å². The molecular formula is C12H20O. The van der Waals surface area contributed by atoms with E-state index >= 15 is 0 Å². The molecular weight excluding hydrogens is 160 g/mol. The van der Waals surface area contributed by atoms with Crippen LogP contribution in [0.25, 0.3) is 0 Å². The fourth-order valence-corrected chi connectivity index (χ4v) is 1.20. The molecule has 0 amide bonds. The lowest BCUT2D eigenvalue weighted by molar-refractivity contribution is -0.116. The van der Waals surface area contributed by atoms with Crippen LogP contribution in [0, 0.1) is 0 Å². The molecule has 0 N–H and O–H groups in total. The third-order valence-corrected chi connectivity index (χ3v) is 1.90. The van der Waals surface area contributed by atoms with Crippen molar-refractivity contribution in [1.82, 2.24) is 0 Å². The first-order valence-corrected chi connectivity index (χ1v) is 4.83. The number of Topliss-reactive ketones (excluding diaryl/α,β-unsaturated/α-hetero) is 1. The highest BCUT2D eigenvalue weighted by atomic mass is 16.1. The van der Waals surface area contributed by atoms with Crippen LogP contribution in [0.5, 0.6) is 0 Å². The summed E-state index contributed by atoms with van der Waals surface area (Å²) in [5, 5.41) is 0. The second-order valence-electron chi connectivity index (χ2n) is 3.65. The van der Waals surface area contributed by atoms with E-state index in [0.717, 1.165) is 12.8 Å². The summed E-state index contributed by atoms with van der Waals surface area (Å²) in [5.74, 6) is 0.255. The van der Waals surface area contributed by atoms with Crippen LogP contribution in [-0.2, 0) is 4.79 Å². The van der Waals surface area contributed by atoms with E-state index in [2.05, 4.69) is 26.0 Å². The van der Waals surface area contributed by atoms with Crippen LogP contribution >= 0.6 is 0 Å². The van der Waals surface area contributed by atoms with Crippen molar-refractivity contribution >= 4 is 5.78 Å². The van der Waals surface area contributed by atoms with Gasteiger partial charge >= 0.3 is 0 Å². The van der Waals surface area contributed by atoms with E-state index in [1.54, 1.807) is 6.92 Å². The minimum Gasteiger partial charge on any atom is -0.300 e. The normalized spacial score (nSPS) is 11.2. The van der Waals surface area contributed by atoms with Crippen LogP contribution in [0.2, 0.25) is 0 Å². The van der Waals surface area contributed by atoms with E-state index in [-0.39, 0.29) is 5.78 Å². The van der Waals surface area contributed by atoms with Crippen LogP contribution in [0.4, 0.5) is 0 Å². The highest BCUT2D eigenvalue weighted by Gasteiger charge is 1.98. The second kappa shape index (κ2) is 6.64. The van der Waals surface area contributed by atoms with E-state index < -0.39 is 0 Å². The molecule has 0 aliphatic rings. The number of ketones is 1. The monoisotopic (exact) mass is 180 g/mol. The molecule has 0 aliphatic heterocycles. The Morgan fingerprint density at radius 2 is 1.85 bits per heavy atom. The van der Waals surface area contributed by atoms with E-state index in [1.807, 2.05) is 6.92 Å². The molecule has 13 heavy (non-hydrogen) atoms. The fraction of sp³-hybridized carbons (Fsp3) is 0.583. The van der Waals surface area contributed by atoms with Gasteiger partial charge in [0.25, 0.3) is 0 Å². The van der Waals surface area contributed by atoms with Crippen LogP contribution in [0.15, 0.2) is 23.3 Å². The van der Waals surface area contributed by atoms with Crippen LogP contribution in [-0.4, -0.2) is 5.78 Å². The van der Waals surface area contributed by atoms with Gasteiger partial charge in [-0.05, 0) is 40.5 Å². The smallest absolute Gasteiger partial charge is 0.133 e. The molecule has 74 valence electrons. The molecule has 0 atom stereocenters. The average molecular weight is 180 g/mol. The Bertz CT molecular complexity index is 217. The van der Waals surface area contributed by atoms with Crippen molar-refractivity contribution in [2.45, 2.75) is 47.0 Å². The maximum absolute atomic E-state index is 10.9. The summed E-state index contributed by atoms with van der Waals surface area (Å²) < 4.78 is 0. The minimum atomic E-state index is 0.255. The summed E-state index contributed by atoms with van der Waals surface area (Å²) >= 11 is 0. The summed E-state index contributed by atoms with van der Waals surface area (Å²) in [6.45, 7) is 7.84. The third-order valence-electron chi connectivity index (χ3n) is 1.90. The molecule has 0 aromatic rings. The Morgan fingerprint density at radius 3 is 2.23 bits per heavy atom. The first kappa shape index (κ1) is 12.2. The molecule has 1 nitrogen and oxygen atoms in total. The molecule has 0 aromatic carbocycles. The Morgan fingerprint density at radius 1 is 1.23 bits per heavy atom. The summed E-state index contributed by atoms with van der Waals surface area (Å²) in [6, 6.07) is 0.